The van der Waals surface area contributed by atoms with E-state index < -0.39 is 11.0 Å². The third-order valence-electron chi connectivity index (χ3n) is 14.2. The molecule has 50 heavy (non-hydrogen) atoms. The molecule has 0 saturated heterocycles. The molecule has 0 aromatic carbocycles. The molecule has 3 saturated carbocycles. The Hall–Kier alpha value is -2.17. The number of methoxy groups -OCH3 is 1. The van der Waals surface area contributed by atoms with E-state index in [1.807, 2.05) is 48.5 Å². The summed E-state index contributed by atoms with van der Waals surface area (Å²) in [6.07, 6.45) is 15.3. The van der Waals surface area contributed by atoms with Crippen LogP contribution in [0.1, 0.15) is 161 Å². The Morgan fingerprint density at radius 3 is 2.08 bits per heavy atom. The number of hydrogen-bond acceptors (Lipinski definition) is 5. The van der Waals surface area contributed by atoms with E-state index in [1.54, 1.807) is 0 Å². The van der Waals surface area contributed by atoms with Gasteiger partial charge < -0.3 is 9.47 Å². The zero-order chi connectivity index (χ0) is 37.6. The van der Waals surface area contributed by atoms with Gasteiger partial charge in [0, 0.05) is 6.42 Å². The van der Waals surface area contributed by atoms with Crippen molar-refractivity contribution >= 4 is 17.7 Å². The van der Waals surface area contributed by atoms with Crippen molar-refractivity contribution in [2.24, 2.45) is 57.2 Å². The fourth-order valence-electron chi connectivity index (χ4n) is 12.6. The lowest BCUT2D eigenvalue weighted by atomic mass is 9.37. The summed E-state index contributed by atoms with van der Waals surface area (Å²) in [5.41, 5.74) is 4.37. The molecule has 5 nitrogen and oxygen atoms in total. The maximum atomic E-state index is 13.5. The molecule has 6 aliphatic carbocycles. The lowest BCUT2D eigenvalue weighted by molar-refractivity contribution is -0.169. The Kier molecular flexibility index (Phi) is 11.9. The van der Waals surface area contributed by atoms with Crippen LogP contribution in [0.3, 0.4) is 0 Å². The van der Waals surface area contributed by atoms with E-state index in [2.05, 4.69) is 53.7 Å². The SMILES string of the molecule is CC.CC.COC(=O)C12CCC3C(CCC4C3(C)CCC3C(C)(C)C(C5=CCC(C(=O)OC(C)(C)C)CC5)=CCC34C)C1=C(C(C)C)C(=O)C2. The number of ether oxygens (including phenoxy) is 2. The topological polar surface area (TPSA) is 69.7 Å². The van der Waals surface area contributed by atoms with Crippen molar-refractivity contribution < 1.29 is 23.9 Å². The van der Waals surface area contributed by atoms with Crippen LogP contribution < -0.4 is 0 Å². The fourth-order valence-corrected chi connectivity index (χ4v) is 12.6. The summed E-state index contributed by atoms with van der Waals surface area (Å²) < 4.78 is 11.2. The summed E-state index contributed by atoms with van der Waals surface area (Å²) in [7, 11) is 1.49. The van der Waals surface area contributed by atoms with Crippen molar-refractivity contribution in [2.75, 3.05) is 7.11 Å². The standard InChI is InChI=1S/C41H60O5.2C2H6/c1-24(2)33-30(42)23-41(36(44)45-10)22-18-29-27(34(33)41)15-16-32-39(29,8)21-19-31-38(6,7)28(17-20-40(31,32)9)25-11-13-26(14-12-25)35(43)46-37(3,4)5;2*1-2/h11,17,24,26-27,29,31-32H,12-16,18-23H2,1-10H3;2*1-2H3. The summed E-state index contributed by atoms with van der Waals surface area (Å²) in [5.74, 6) is 2.02. The number of carbonyl (C=O) groups is 3. The number of allylic oxidation sites excluding steroid dienone is 5. The molecule has 5 heteroatoms. The first-order valence-electron chi connectivity index (χ1n) is 20.4. The summed E-state index contributed by atoms with van der Waals surface area (Å²) in [6.45, 7) is 28.3. The second-order valence-corrected chi connectivity index (χ2v) is 18.4. The molecule has 6 aliphatic rings. The molecule has 0 spiro atoms. The van der Waals surface area contributed by atoms with Gasteiger partial charge in [0.05, 0.1) is 18.4 Å². The molecular weight excluding hydrogens is 620 g/mol. The molecule has 8 unspecified atom stereocenters. The molecule has 3 fully saturated rings. The Bertz CT molecular complexity index is 1400. The second-order valence-electron chi connectivity index (χ2n) is 18.4. The summed E-state index contributed by atoms with van der Waals surface area (Å²) >= 11 is 0. The van der Waals surface area contributed by atoms with E-state index in [-0.39, 0.29) is 45.8 Å². The quantitative estimate of drug-likeness (QED) is 0.274. The van der Waals surface area contributed by atoms with Crippen LogP contribution in [0, 0.1) is 57.2 Å². The predicted molar refractivity (Wildman–Crippen MR) is 204 cm³/mol. The van der Waals surface area contributed by atoms with Crippen LogP contribution in [0.4, 0.5) is 0 Å². The van der Waals surface area contributed by atoms with E-state index >= 15 is 0 Å². The molecule has 0 radical (unpaired) electrons. The van der Waals surface area contributed by atoms with Crippen LogP contribution in [0.2, 0.25) is 0 Å². The zero-order valence-electron chi connectivity index (χ0n) is 34.4. The average Bonchev–Trinajstić information content (AvgIpc) is 3.38. The van der Waals surface area contributed by atoms with Crippen molar-refractivity contribution in [3.63, 3.8) is 0 Å². The minimum atomic E-state index is -0.739. The third-order valence-corrected chi connectivity index (χ3v) is 14.2. The maximum absolute atomic E-state index is 13.5. The van der Waals surface area contributed by atoms with Crippen molar-refractivity contribution in [3.8, 4) is 0 Å². The minimum absolute atomic E-state index is 0.0407. The summed E-state index contributed by atoms with van der Waals surface area (Å²) in [6, 6.07) is 0. The molecule has 0 heterocycles. The first-order valence-corrected chi connectivity index (χ1v) is 20.4. The van der Waals surface area contributed by atoms with Gasteiger partial charge >= 0.3 is 11.9 Å². The Morgan fingerprint density at radius 2 is 1.52 bits per heavy atom. The second kappa shape index (κ2) is 14.7. The van der Waals surface area contributed by atoms with Crippen LogP contribution in [0.15, 0.2) is 34.4 Å². The van der Waals surface area contributed by atoms with Gasteiger partial charge in [-0.25, -0.2) is 0 Å². The Labute approximate surface area is 305 Å². The van der Waals surface area contributed by atoms with E-state index in [1.165, 1.54) is 36.7 Å². The number of carbonyl (C=O) groups excluding carboxylic acids is 3. The number of fused-ring (bicyclic) bond motifs is 7. The highest BCUT2D eigenvalue weighted by Crippen LogP contribution is 2.73. The number of rotatable bonds is 4. The molecule has 0 amide bonds. The monoisotopic (exact) mass is 693 g/mol. The highest BCUT2D eigenvalue weighted by molar-refractivity contribution is 6.05. The molecular formula is C45H72O5. The van der Waals surface area contributed by atoms with Gasteiger partial charge in [-0.15, -0.1) is 0 Å². The van der Waals surface area contributed by atoms with Gasteiger partial charge in [0.15, 0.2) is 5.78 Å². The predicted octanol–water partition coefficient (Wildman–Crippen LogP) is 11.4. The van der Waals surface area contributed by atoms with Crippen molar-refractivity contribution in [2.45, 2.75) is 166 Å². The van der Waals surface area contributed by atoms with Gasteiger partial charge in [0.1, 0.15) is 5.60 Å². The minimum Gasteiger partial charge on any atom is -0.468 e. The number of hydrogen-bond donors (Lipinski definition) is 0. The number of Topliss-reactive ketones (excluding diaryl/α,β-unsaturated/α-hetero) is 1. The number of ketones is 1. The molecule has 0 N–H and O–H groups in total. The average molecular weight is 693 g/mol. The lowest BCUT2D eigenvalue weighted by Gasteiger charge is -2.68. The summed E-state index contributed by atoms with van der Waals surface area (Å²) in [4.78, 5) is 39.8. The van der Waals surface area contributed by atoms with Gasteiger partial charge in [0.2, 0.25) is 0 Å². The van der Waals surface area contributed by atoms with Gasteiger partial charge in [0.25, 0.3) is 0 Å². The highest BCUT2D eigenvalue weighted by Gasteiger charge is 2.67. The maximum Gasteiger partial charge on any atom is 0.316 e. The van der Waals surface area contributed by atoms with Gasteiger partial charge in [-0.05, 0) is 153 Å². The van der Waals surface area contributed by atoms with E-state index in [4.69, 9.17) is 9.47 Å². The van der Waals surface area contributed by atoms with E-state index in [0.29, 0.717) is 30.1 Å². The Balaban J connectivity index is 0.00000136. The largest absolute Gasteiger partial charge is 0.468 e. The van der Waals surface area contributed by atoms with Crippen LogP contribution in [-0.2, 0) is 23.9 Å². The third kappa shape index (κ3) is 6.52. The lowest BCUT2D eigenvalue weighted by Crippen LogP contribution is -2.60. The van der Waals surface area contributed by atoms with Crippen molar-refractivity contribution in [1.29, 1.82) is 0 Å². The molecule has 0 bridgehead atoms. The Morgan fingerprint density at radius 1 is 0.860 bits per heavy atom. The van der Waals surface area contributed by atoms with Crippen LogP contribution in [0.5, 0.6) is 0 Å². The van der Waals surface area contributed by atoms with Crippen molar-refractivity contribution in [3.05, 3.63) is 34.4 Å². The van der Waals surface area contributed by atoms with Crippen molar-refractivity contribution in [1.82, 2.24) is 0 Å². The van der Waals surface area contributed by atoms with E-state index in [9.17, 15) is 14.4 Å². The molecule has 8 atom stereocenters. The molecule has 0 aromatic rings. The highest BCUT2D eigenvalue weighted by atomic mass is 16.6. The van der Waals surface area contributed by atoms with Crippen LogP contribution in [-0.4, -0.2) is 30.4 Å². The normalized spacial score (nSPS) is 37.3. The number of esters is 2. The molecule has 0 aromatic heterocycles. The van der Waals surface area contributed by atoms with Gasteiger partial charge in [-0.1, -0.05) is 81.4 Å². The smallest absolute Gasteiger partial charge is 0.316 e. The zero-order valence-corrected chi connectivity index (χ0v) is 34.4. The van der Waals surface area contributed by atoms with Crippen LogP contribution >= 0.6 is 0 Å². The first-order chi connectivity index (χ1) is 23.4. The molecule has 282 valence electrons. The van der Waals surface area contributed by atoms with Gasteiger partial charge in [-0.3, -0.25) is 14.4 Å². The fraction of sp³-hybridized carbons (Fsp3) is 0.800. The molecule has 0 aliphatic heterocycles. The summed E-state index contributed by atoms with van der Waals surface area (Å²) in [5, 5.41) is 0. The van der Waals surface area contributed by atoms with Gasteiger partial charge in [-0.2, -0.15) is 0 Å². The van der Waals surface area contributed by atoms with Crippen LogP contribution in [0.25, 0.3) is 0 Å². The molecule has 6 rings (SSSR count). The first kappa shape index (κ1) is 40.6. The van der Waals surface area contributed by atoms with E-state index in [0.717, 1.165) is 56.9 Å².